The summed E-state index contributed by atoms with van der Waals surface area (Å²) in [5, 5.41) is 18.4. The molecule has 0 saturated carbocycles. The number of nitrogens with zero attached hydrogens (tertiary/aromatic N) is 5. The number of hydrogen-bond acceptors (Lipinski definition) is 8. The highest BCUT2D eigenvalue weighted by molar-refractivity contribution is 7.18. The van der Waals surface area contributed by atoms with Crippen LogP contribution in [0, 0.1) is 0 Å². The second-order valence-electron chi connectivity index (χ2n) is 8.23. The largest absolute Gasteiger partial charge is 0.573 e. The first kappa shape index (κ1) is 24.4. The smallest absolute Gasteiger partial charge is 0.472 e. The highest BCUT2D eigenvalue weighted by Gasteiger charge is 2.32. The fourth-order valence-corrected chi connectivity index (χ4v) is 5.87. The Kier molecular flexibility index (Phi) is 6.05. The molecule has 0 saturated heterocycles. The Hall–Kier alpha value is -3.94. The van der Waals surface area contributed by atoms with Crippen molar-refractivity contribution in [3.05, 3.63) is 71.5 Å². The number of thiazole rings is 1. The molecule has 0 radical (unpaired) electrons. The van der Waals surface area contributed by atoms with Gasteiger partial charge in [-0.25, -0.2) is 14.5 Å². The Morgan fingerprint density at radius 1 is 1.08 bits per heavy atom. The predicted molar refractivity (Wildman–Crippen MR) is 138 cm³/mol. The third kappa shape index (κ3) is 4.48. The summed E-state index contributed by atoms with van der Waals surface area (Å²) in [5.74, 6) is -0.367. The second-order valence-corrected chi connectivity index (χ2v) is 10.0. The number of halogens is 3. The molecular formula is C25H18F3N5O3S2. The molecule has 0 bridgehead atoms. The van der Waals surface area contributed by atoms with Crippen LogP contribution in [0.4, 0.5) is 13.2 Å². The van der Waals surface area contributed by atoms with Gasteiger partial charge in [-0.05, 0) is 29.5 Å². The molecule has 0 amide bonds. The molecule has 8 nitrogen and oxygen atoms in total. The van der Waals surface area contributed by atoms with Gasteiger partial charge in [-0.15, -0.1) is 29.6 Å². The van der Waals surface area contributed by atoms with E-state index in [0.717, 1.165) is 16.3 Å². The molecule has 6 aromatic rings. The van der Waals surface area contributed by atoms with Crippen molar-refractivity contribution in [1.29, 1.82) is 0 Å². The molecule has 38 heavy (non-hydrogen) atoms. The maximum Gasteiger partial charge on any atom is 0.573 e. The number of rotatable bonds is 7. The van der Waals surface area contributed by atoms with Crippen molar-refractivity contribution < 1.29 is 27.8 Å². The molecule has 194 valence electrons. The van der Waals surface area contributed by atoms with Gasteiger partial charge in [0, 0.05) is 27.4 Å². The van der Waals surface area contributed by atoms with Crippen molar-refractivity contribution >= 4 is 38.5 Å². The molecule has 2 aromatic carbocycles. The van der Waals surface area contributed by atoms with Crippen LogP contribution in [-0.4, -0.2) is 42.7 Å². The lowest BCUT2D eigenvalue weighted by Gasteiger charge is -2.10. The number of fused-ring (bicyclic) bond motifs is 2. The van der Waals surface area contributed by atoms with Gasteiger partial charge in [0.2, 0.25) is 4.96 Å². The highest BCUT2D eigenvalue weighted by atomic mass is 32.1. The van der Waals surface area contributed by atoms with Crippen LogP contribution in [0.5, 0.6) is 10.9 Å². The van der Waals surface area contributed by atoms with Gasteiger partial charge < -0.3 is 19.1 Å². The van der Waals surface area contributed by atoms with Crippen molar-refractivity contribution in [2.75, 3.05) is 7.11 Å². The third-order valence-electron chi connectivity index (χ3n) is 5.87. The number of methoxy groups -OCH3 is 1. The minimum atomic E-state index is -4.85. The maximum absolute atomic E-state index is 13.0. The zero-order valence-corrected chi connectivity index (χ0v) is 21.3. The molecule has 4 aromatic heterocycles. The molecule has 0 aliphatic rings. The number of benzene rings is 2. The number of aliphatic hydroxyl groups is 1. The van der Waals surface area contributed by atoms with E-state index >= 15 is 0 Å². The molecule has 0 spiro atoms. The molecule has 13 heteroatoms. The van der Waals surface area contributed by atoms with Gasteiger partial charge in [0.1, 0.15) is 10.8 Å². The van der Waals surface area contributed by atoms with E-state index in [0.29, 0.717) is 44.6 Å². The summed E-state index contributed by atoms with van der Waals surface area (Å²) in [6, 6.07) is 13.9. The Balaban J connectivity index is 1.49. The zero-order chi connectivity index (χ0) is 26.4. The number of imidazole rings is 1. The number of aliphatic hydroxyl groups excluding tert-OH is 1. The fourth-order valence-electron chi connectivity index (χ4n) is 4.35. The molecule has 6 rings (SSSR count). The zero-order valence-electron chi connectivity index (χ0n) is 19.6. The van der Waals surface area contributed by atoms with Crippen LogP contribution in [0.2, 0.25) is 0 Å². The molecule has 0 aliphatic heterocycles. The Bertz CT molecular complexity index is 1720. The van der Waals surface area contributed by atoms with E-state index in [4.69, 9.17) is 9.72 Å². The summed E-state index contributed by atoms with van der Waals surface area (Å²) in [6.07, 6.45) is -3.19. The van der Waals surface area contributed by atoms with Crippen molar-refractivity contribution in [2.45, 2.75) is 19.5 Å². The van der Waals surface area contributed by atoms with Crippen LogP contribution in [0.25, 0.3) is 37.7 Å². The number of aromatic nitrogens is 5. The van der Waals surface area contributed by atoms with Crippen LogP contribution >= 0.6 is 22.7 Å². The van der Waals surface area contributed by atoms with Crippen molar-refractivity contribution in [3.63, 3.8) is 0 Å². The van der Waals surface area contributed by atoms with Crippen LogP contribution in [-0.2, 0) is 13.2 Å². The predicted octanol–water partition coefficient (Wildman–Crippen LogP) is 5.98. The van der Waals surface area contributed by atoms with Crippen molar-refractivity contribution in [1.82, 2.24) is 24.1 Å². The van der Waals surface area contributed by atoms with Crippen LogP contribution in [0.3, 0.4) is 0 Å². The molecule has 0 aliphatic carbocycles. The molecule has 0 unspecified atom stereocenters. The highest BCUT2D eigenvalue weighted by Crippen LogP contribution is 2.39. The van der Waals surface area contributed by atoms with Gasteiger partial charge >= 0.3 is 6.36 Å². The van der Waals surface area contributed by atoms with E-state index in [-0.39, 0.29) is 12.4 Å². The SMILES string of the molecule is COc1nn2cc(-c3c(CO)n(Cc4csc(-c5ccccc5)n4)c4ccc(OC(F)(F)F)cc34)nc2s1. The van der Waals surface area contributed by atoms with Crippen LogP contribution in [0.1, 0.15) is 11.4 Å². The van der Waals surface area contributed by atoms with E-state index in [1.165, 1.54) is 46.4 Å². The first-order chi connectivity index (χ1) is 18.3. The quantitative estimate of drug-likeness (QED) is 0.260. The van der Waals surface area contributed by atoms with Crippen molar-refractivity contribution in [3.8, 4) is 32.8 Å². The summed E-state index contributed by atoms with van der Waals surface area (Å²) >= 11 is 2.71. The first-order valence-corrected chi connectivity index (χ1v) is 12.9. The molecular weight excluding hydrogens is 539 g/mol. The number of hydrogen-bond donors (Lipinski definition) is 1. The standard InChI is InChI=1S/C25H18F3N5O3S2/c1-35-24-31-33-11-18(30-23(33)38-24)21-17-9-16(36-25(26,27)28)7-8-19(17)32(20(21)12-34)10-15-13-37-22(29-15)14-5-3-2-4-6-14/h2-9,11,13,34H,10,12H2,1H3. The van der Waals surface area contributed by atoms with E-state index in [1.54, 1.807) is 12.3 Å². The average molecular weight is 558 g/mol. The second kappa shape index (κ2) is 9.42. The summed E-state index contributed by atoms with van der Waals surface area (Å²) in [5.41, 5.74) is 3.77. The summed E-state index contributed by atoms with van der Waals surface area (Å²) in [6.45, 7) is -0.0828. The number of alkyl halides is 3. The lowest BCUT2D eigenvalue weighted by Crippen LogP contribution is -2.17. The van der Waals surface area contributed by atoms with Crippen LogP contribution in [0.15, 0.2) is 60.1 Å². The summed E-state index contributed by atoms with van der Waals surface area (Å²) in [7, 11) is 1.50. The topological polar surface area (TPSA) is 86.7 Å². The summed E-state index contributed by atoms with van der Waals surface area (Å²) in [4.78, 5) is 9.91. The van der Waals surface area contributed by atoms with E-state index in [9.17, 15) is 18.3 Å². The normalized spacial score (nSPS) is 12.0. The van der Waals surface area contributed by atoms with Gasteiger partial charge in [-0.2, -0.15) is 0 Å². The van der Waals surface area contributed by atoms with Crippen LogP contribution < -0.4 is 9.47 Å². The Morgan fingerprint density at radius 2 is 1.89 bits per heavy atom. The number of ether oxygens (including phenoxy) is 2. The fraction of sp³-hybridized carbons (Fsp3) is 0.160. The summed E-state index contributed by atoms with van der Waals surface area (Å²) < 4.78 is 51.7. The lowest BCUT2D eigenvalue weighted by molar-refractivity contribution is -0.274. The van der Waals surface area contributed by atoms with Gasteiger partial charge in [0.05, 0.1) is 43.5 Å². The molecule has 0 atom stereocenters. The third-order valence-corrected chi connectivity index (χ3v) is 7.70. The lowest BCUT2D eigenvalue weighted by atomic mass is 10.1. The molecule has 1 N–H and O–H groups in total. The Labute approximate surface area is 221 Å². The van der Waals surface area contributed by atoms with Gasteiger partial charge in [0.25, 0.3) is 5.19 Å². The maximum atomic E-state index is 13.0. The molecule has 0 fully saturated rings. The average Bonchev–Trinajstić information content (AvgIpc) is 3.65. The van der Waals surface area contributed by atoms with Crippen molar-refractivity contribution in [2.24, 2.45) is 0 Å². The van der Waals surface area contributed by atoms with E-state index in [2.05, 4.69) is 14.8 Å². The molecule has 4 heterocycles. The first-order valence-electron chi connectivity index (χ1n) is 11.2. The van der Waals surface area contributed by atoms with Gasteiger partial charge in [0.15, 0.2) is 0 Å². The minimum Gasteiger partial charge on any atom is -0.472 e. The Morgan fingerprint density at radius 3 is 2.61 bits per heavy atom. The monoisotopic (exact) mass is 557 g/mol. The minimum absolute atomic E-state index is 0.295. The van der Waals surface area contributed by atoms with E-state index < -0.39 is 6.36 Å². The van der Waals surface area contributed by atoms with Gasteiger partial charge in [-0.1, -0.05) is 30.3 Å². The van der Waals surface area contributed by atoms with E-state index in [1.807, 2.05) is 40.3 Å². The van der Waals surface area contributed by atoms with Gasteiger partial charge in [-0.3, -0.25) is 0 Å².